The van der Waals surface area contributed by atoms with Crippen molar-refractivity contribution in [3.05, 3.63) is 29.8 Å². The van der Waals surface area contributed by atoms with E-state index >= 15 is 0 Å². The van der Waals surface area contributed by atoms with Crippen molar-refractivity contribution < 1.29 is 9.84 Å². The molecule has 0 aliphatic heterocycles. The zero-order valence-electron chi connectivity index (χ0n) is 11.7. The Morgan fingerprint density at radius 2 is 2.25 bits per heavy atom. The van der Waals surface area contributed by atoms with Gasteiger partial charge in [0, 0.05) is 0 Å². The van der Waals surface area contributed by atoms with Crippen LogP contribution in [0.3, 0.4) is 0 Å². The zero-order valence-corrected chi connectivity index (χ0v) is 11.7. The Balaban J connectivity index is 1.58. The van der Waals surface area contributed by atoms with Crippen molar-refractivity contribution in [1.82, 2.24) is 0 Å². The summed E-state index contributed by atoms with van der Waals surface area (Å²) in [4.78, 5) is 0. The number of nitriles is 1. The lowest BCUT2D eigenvalue weighted by molar-refractivity contribution is 0.180. The number of benzene rings is 1. The lowest BCUT2D eigenvalue weighted by Gasteiger charge is -2.22. The average molecular weight is 271 g/mol. The lowest BCUT2D eigenvalue weighted by atomic mass is 9.89. The Labute approximate surface area is 120 Å². The molecule has 0 amide bonds. The standard InChI is InChI=1S/C17H21NO2/c18-7-6-17(19)14-2-1-3-16(10-14)20-11-15-9-12-4-5-13(15)8-12/h1-3,10,12-13,15,17,19H,4-6,8-9,11H2. The molecule has 2 fully saturated rings. The molecule has 3 nitrogen and oxygen atoms in total. The molecule has 2 bridgehead atoms. The van der Waals surface area contributed by atoms with Crippen molar-refractivity contribution in [3.63, 3.8) is 0 Å². The minimum Gasteiger partial charge on any atom is -0.493 e. The van der Waals surface area contributed by atoms with E-state index in [-0.39, 0.29) is 6.42 Å². The number of hydrogen-bond acceptors (Lipinski definition) is 3. The van der Waals surface area contributed by atoms with Crippen molar-refractivity contribution in [2.45, 2.75) is 38.2 Å². The summed E-state index contributed by atoms with van der Waals surface area (Å²) in [5, 5.41) is 18.5. The summed E-state index contributed by atoms with van der Waals surface area (Å²) < 4.78 is 5.92. The smallest absolute Gasteiger partial charge is 0.119 e. The molecule has 0 heterocycles. The van der Waals surface area contributed by atoms with Gasteiger partial charge in [0.15, 0.2) is 0 Å². The van der Waals surface area contributed by atoms with E-state index in [1.165, 1.54) is 25.7 Å². The van der Waals surface area contributed by atoms with Crippen LogP contribution in [0.2, 0.25) is 0 Å². The van der Waals surface area contributed by atoms with Gasteiger partial charge in [0.1, 0.15) is 5.75 Å². The van der Waals surface area contributed by atoms with Crippen LogP contribution in [-0.4, -0.2) is 11.7 Å². The van der Waals surface area contributed by atoms with Crippen LogP contribution in [0.1, 0.15) is 43.8 Å². The fraction of sp³-hybridized carbons (Fsp3) is 0.588. The third-order valence-corrected chi connectivity index (χ3v) is 4.88. The van der Waals surface area contributed by atoms with Gasteiger partial charge < -0.3 is 9.84 Å². The predicted octanol–water partition coefficient (Wildman–Crippen LogP) is 3.45. The fourth-order valence-corrected chi connectivity index (χ4v) is 3.80. The van der Waals surface area contributed by atoms with Gasteiger partial charge in [-0.25, -0.2) is 0 Å². The predicted molar refractivity (Wildman–Crippen MR) is 76.1 cm³/mol. The topological polar surface area (TPSA) is 53.2 Å². The van der Waals surface area contributed by atoms with E-state index in [0.29, 0.717) is 5.92 Å². The molecule has 2 aliphatic rings. The van der Waals surface area contributed by atoms with E-state index < -0.39 is 6.10 Å². The summed E-state index contributed by atoms with van der Waals surface area (Å²) >= 11 is 0. The van der Waals surface area contributed by atoms with E-state index in [1.54, 1.807) is 0 Å². The Hall–Kier alpha value is -1.53. The Morgan fingerprint density at radius 1 is 1.35 bits per heavy atom. The molecule has 1 aromatic rings. The lowest BCUT2D eigenvalue weighted by Crippen LogP contribution is -2.18. The normalized spacial score (nSPS) is 29.1. The van der Waals surface area contributed by atoms with Gasteiger partial charge in [-0.05, 0) is 54.7 Å². The number of nitrogens with zero attached hydrogens (tertiary/aromatic N) is 1. The molecule has 3 rings (SSSR count). The Kier molecular flexibility index (Phi) is 3.93. The van der Waals surface area contributed by atoms with Crippen LogP contribution in [-0.2, 0) is 0 Å². The van der Waals surface area contributed by atoms with Crippen LogP contribution in [0.5, 0.6) is 5.75 Å². The molecule has 0 saturated heterocycles. The summed E-state index contributed by atoms with van der Waals surface area (Å²) in [6.07, 6.45) is 4.91. The average Bonchev–Trinajstić information content (AvgIpc) is 3.08. The van der Waals surface area contributed by atoms with Gasteiger partial charge in [0.25, 0.3) is 0 Å². The highest BCUT2D eigenvalue weighted by molar-refractivity contribution is 5.30. The van der Waals surface area contributed by atoms with Crippen molar-refractivity contribution >= 4 is 0 Å². The van der Waals surface area contributed by atoms with Crippen LogP contribution in [0.4, 0.5) is 0 Å². The number of aliphatic hydroxyl groups excluding tert-OH is 1. The monoisotopic (exact) mass is 271 g/mol. The molecule has 1 N–H and O–H groups in total. The van der Waals surface area contributed by atoms with Crippen molar-refractivity contribution in [1.29, 1.82) is 5.26 Å². The van der Waals surface area contributed by atoms with Gasteiger partial charge in [-0.1, -0.05) is 18.6 Å². The minimum atomic E-state index is -0.717. The van der Waals surface area contributed by atoms with Crippen LogP contribution in [0.15, 0.2) is 24.3 Å². The molecule has 0 aromatic heterocycles. The Bertz CT molecular complexity index is 508. The highest BCUT2D eigenvalue weighted by atomic mass is 16.5. The summed E-state index contributed by atoms with van der Waals surface area (Å²) in [7, 11) is 0. The first-order chi connectivity index (χ1) is 9.76. The number of ether oxygens (including phenoxy) is 1. The fourth-order valence-electron chi connectivity index (χ4n) is 3.80. The first-order valence-corrected chi connectivity index (χ1v) is 7.54. The number of hydrogen-bond donors (Lipinski definition) is 1. The molecule has 3 heteroatoms. The molecule has 4 unspecified atom stereocenters. The maximum Gasteiger partial charge on any atom is 0.119 e. The van der Waals surface area contributed by atoms with Crippen LogP contribution in [0, 0.1) is 29.1 Å². The molecular formula is C17H21NO2. The second-order valence-corrected chi connectivity index (χ2v) is 6.20. The van der Waals surface area contributed by atoms with Gasteiger partial charge >= 0.3 is 0 Å². The quantitative estimate of drug-likeness (QED) is 0.892. The van der Waals surface area contributed by atoms with Crippen LogP contribution in [0.25, 0.3) is 0 Å². The highest BCUT2D eigenvalue weighted by Crippen LogP contribution is 2.48. The van der Waals surface area contributed by atoms with Gasteiger partial charge in [-0.3, -0.25) is 0 Å². The Morgan fingerprint density at radius 3 is 2.95 bits per heavy atom. The number of fused-ring (bicyclic) bond motifs is 2. The second kappa shape index (κ2) is 5.85. The SMILES string of the molecule is N#CCC(O)c1cccc(OCC2CC3CCC2C3)c1. The third-order valence-electron chi connectivity index (χ3n) is 4.88. The first-order valence-electron chi connectivity index (χ1n) is 7.54. The molecule has 20 heavy (non-hydrogen) atoms. The first kappa shape index (κ1) is 13.5. The molecule has 2 aliphatic carbocycles. The molecule has 2 saturated carbocycles. The molecule has 1 aromatic carbocycles. The summed E-state index contributed by atoms with van der Waals surface area (Å²) in [6, 6.07) is 9.49. The summed E-state index contributed by atoms with van der Waals surface area (Å²) in [5.74, 6) is 3.33. The molecule has 0 radical (unpaired) electrons. The van der Waals surface area contributed by atoms with Gasteiger partial charge in [-0.2, -0.15) is 5.26 Å². The second-order valence-electron chi connectivity index (χ2n) is 6.20. The van der Waals surface area contributed by atoms with Gasteiger partial charge in [-0.15, -0.1) is 0 Å². The largest absolute Gasteiger partial charge is 0.493 e. The maximum atomic E-state index is 9.83. The summed E-state index contributed by atoms with van der Waals surface area (Å²) in [6.45, 7) is 0.791. The third kappa shape index (κ3) is 2.81. The van der Waals surface area contributed by atoms with E-state index in [0.717, 1.165) is 29.8 Å². The van der Waals surface area contributed by atoms with E-state index in [2.05, 4.69) is 0 Å². The summed E-state index contributed by atoms with van der Waals surface area (Å²) in [5.41, 5.74) is 0.761. The van der Waals surface area contributed by atoms with Gasteiger partial charge in [0.05, 0.1) is 25.2 Å². The van der Waals surface area contributed by atoms with Crippen molar-refractivity contribution in [2.75, 3.05) is 6.61 Å². The molecule has 4 atom stereocenters. The number of aliphatic hydroxyl groups is 1. The van der Waals surface area contributed by atoms with E-state index in [1.807, 2.05) is 30.3 Å². The van der Waals surface area contributed by atoms with E-state index in [9.17, 15) is 5.11 Å². The maximum absolute atomic E-state index is 9.83. The number of rotatable bonds is 5. The minimum absolute atomic E-state index is 0.121. The molecule has 0 spiro atoms. The van der Waals surface area contributed by atoms with Crippen LogP contribution >= 0.6 is 0 Å². The van der Waals surface area contributed by atoms with Gasteiger partial charge in [0.2, 0.25) is 0 Å². The van der Waals surface area contributed by atoms with E-state index in [4.69, 9.17) is 10.00 Å². The zero-order chi connectivity index (χ0) is 13.9. The molecular weight excluding hydrogens is 250 g/mol. The highest BCUT2D eigenvalue weighted by Gasteiger charge is 2.39. The van der Waals surface area contributed by atoms with Crippen LogP contribution < -0.4 is 4.74 Å². The van der Waals surface area contributed by atoms with Crippen molar-refractivity contribution in [2.24, 2.45) is 17.8 Å². The molecule has 106 valence electrons. The van der Waals surface area contributed by atoms with Crippen molar-refractivity contribution in [3.8, 4) is 11.8 Å².